The third-order valence-electron chi connectivity index (χ3n) is 6.04. The number of carbonyl (C=O) groups excluding carboxylic acids is 1. The first-order valence-electron chi connectivity index (χ1n) is 11.5. The zero-order valence-electron chi connectivity index (χ0n) is 18.8. The van der Waals surface area contributed by atoms with Crippen LogP contribution in [0.25, 0.3) is 10.8 Å². The van der Waals surface area contributed by atoms with Crippen LogP contribution in [-0.2, 0) is 27.9 Å². The number of carbonyl (C=O) groups is 1. The van der Waals surface area contributed by atoms with Crippen LogP contribution in [0.5, 0.6) is 0 Å². The van der Waals surface area contributed by atoms with Gasteiger partial charge < -0.3 is 5.32 Å². The van der Waals surface area contributed by atoms with Crippen molar-refractivity contribution in [2.24, 2.45) is 0 Å². The lowest BCUT2D eigenvalue weighted by Gasteiger charge is -2.26. The highest BCUT2D eigenvalue weighted by Gasteiger charge is 2.15. The summed E-state index contributed by atoms with van der Waals surface area (Å²) in [6.45, 7) is 3.80. The van der Waals surface area contributed by atoms with Crippen molar-refractivity contribution in [1.82, 2.24) is 14.9 Å². The van der Waals surface area contributed by atoms with Crippen LogP contribution in [0.15, 0.2) is 71.6 Å². The second kappa shape index (κ2) is 10.9. The Balaban J connectivity index is 1.21. The number of benzene rings is 3. The second-order valence-electron chi connectivity index (χ2n) is 8.59. The first-order chi connectivity index (χ1) is 16.0. The van der Waals surface area contributed by atoms with E-state index in [1.54, 1.807) is 18.2 Å². The van der Waals surface area contributed by atoms with E-state index < -0.39 is 10.0 Å². The Bertz CT molecular complexity index is 1190. The molecule has 4 rings (SSSR count). The molecule has 0 atom stereocenters. The van der Waals surface area contributed by atoms with Crippen LogP contribution in [0, 0.1) is 0 Å². The summed E-state index contributed by atoms with van der Waals surface area (Å²) >= 11 is 0. The van der Waals surface area contributed by atoms with Crippen LogP contribution in [-0.4, -0.2) is 38.9 Å². The van der Waals surface area contributed by atoms with Gasteiger partial charge in [0.25, 0.3) is 0 Å². The van der Waals surface area contributed by atoms with Gasteiger partial charge in [0.05, 0.1) is 4.90 Å². The number of amides is 1. The maximum absolute atomic E-state index is 12.6. The van der Waals surface area contributed by atoms with E-state index in [2.05, 4.69) is 27.1 Å². The van der Waals surface area contributed by atoms with Gasteiger partial charge in [-0.25, -0.2) is 13.1 Å². The van der Waals surface area contributed by atoms with E-state index in [0.717, 1.165) is 22.9 Å². The standard InChI is InChI=1S/C26H31N3O3S/c30-26(27-19-21-8-10-22(11-9-21)20-29-16-4-1-5-17-29)14-15-28-33(31,32)25-13-12-23-6-2-3-7-24(23)18-25/h2-3,6-13,18,28H,1,4-5,14-17,19-20H2,(H,27,30). The maximum atomic E-state index is 12.6. The molecule has 33 heavy (non-hydrogen) atoms. The number of nitrogens with one attached hydrogen (secondary N) is 2. The summed E-state index contributed by atoms with van der Waals surface area (Å²) in [5.41, 5.74) is 2.32. The lowest BCUT2D eigenvalue weighted by molar-refractivity contribution is -0.121. The van der Waals surface area contributed by atoms with Gasteiger partial charge in [-0.1, -0.05) is 61.0 Å². The summed E-state index contributed by atoms with van der Waals surface area (Å²) in [6, 6.07) is 20.9. The van der Waals surface area contributed by atoms with Gasteiger partial charge in [0.2, 0.25) is 15.9 Å². The van der Waals surface area contributed by atoms with Crippen LogP contribution in [0.1, 0.15) is 36.8 Å². The van der Waals surface area contributed by atoms with E-state index >= 15 is 0 Å². The van der Waals surface area contributed by atoms with Crippen LogP contribution in [0.4, 0.5) is 0 Å². The van der Waals surface area contributed by atoms with Crippen LogP contribution in [0.2, 0.25) is 0 Å². The number of fused-ring (bicyclic) bond motifs is 1. The smallest absolute Gasteiger partial charge is 0.240 e. The molecular weight excluding hydrogens is 434 g/mol. The summed E-state index contributed by atoms with van der Waals surface area (Å²) in [6.07, 6.45) is 3.98. The second-order valence-corrected chi connectivity index (χ2v) is 10.4. The van der Waals surface area contributed by atoms with Crippen molar-refractivity contribution in [2.75, 3.05) is 19.6 Å². The van der Waals surface area contributed by atoms with Gasteiger partial charge in [0.15, 0.2) is 0 Å². The predicted molar refractivity (Wildman–Crippen MR) is 131 cm³/mol. The van der Waals surface area contributed by atoms with Crippen molar-refractivity contribution in [3.8, 4) is 0 Å². The van der Waals surface area contributed by atoms with Gasteiger partial charge in [-0.15, -0.1) is 0 Å². The Morgan fingerprint density at radius 2 is 1.55 bits per heavy atom. The highest BCUT2D eigenvalue weighted by atomic mass is 32.2. The molecule has 7 heteroatoms. The monoisotopic (exact) mass is 465 g/mol. The van der Waals surface area contributed by atoms with Gasteiger partial charge in [-0.05, 0) is 60.0 Å². The fraction of sp³-hybridized carbons (Fsp3) is 0.346. The normalized spacial score (nSPS) is 14.9. The zero-order chi connectivity index (χ0) is 23.1. The number of hydrogen-bond donors (Lipinski definition) is 2. The fourth-order valence-electron chi connectivity index (χ4n) is 4.14. The SMILES string of the molecule is O=C(CCNS(=O)(=O)c1ccc2ccccc2c1)NCc1ccc(CN2CCCCC2)cc1. The molecule has 1 heterocycles. The van der Waals surface area contributed by atoms with E-state index in [-0.39, 0.29) is 23.8 Å². The molecule has 3 aromatic carbocycles. The Morgan fingerprint density at radius 1 is 0.848 bits per heavy atom. The molecule has 0 aliphatic carbocycles. The average molecular weight is 466 g/mol. The van der Waals surface area contributed by atoms with Crippen molar-refractivity contribution in [1.29, 1.82) is 0 Å². The molecule has 1 aliphatic heterocycles. The van der Waals surface area contributed by atoms with Gasteiger partial charge in [-0.2, -0.15) is 0 Å². The van der Waals surface area contributed by atoms with E-state index in [1.807, 2.05) is 36.4 Å². The zero-order valence-corrected chi connectivity index (χ0v) is 19.6. The molecule has 2 N–H and O–H groups in total. The van der Waals surface area contributed by atoms with Gasteiger partial charge in [0.1, 0.15) is 0 Å². The first kappa shape index (κ1) is 23.4. The Hall–Kier alpha value is -2.74. The fourth-order valence-corrected chi connectivity index (χ4v) is 5.21. The summed E-state index contributed by atoms with van der Waals surface area (Å²) in [7, 11) is -3.67. The van der Waals surface area contributed by atoms with Gasteiger partial charge >= 0.3 is 0 Å². The third-order valence-corrected chi connectivity index (χ3v) is 7.50. The average Bonchev–Trinajstić information content (AvgIpc) is 2.84. The molecule has 0 saturated carbocycles. The molecule has 0 unspecified atom stereocenters. The minimum atomic E-state index is -3.67. The minimum absolute atomic E-state index is 0.0514. The quantitative estimate of drug-likeness (QED) is 0.504. The van der Waals surface area contributed by atoms with Crippen LogP contribution >= 0.6 is 0 Å². The van der Waals surface area contributed by atoms with Crippen LogP contribution < -0.4 is 10.0 Å². The molecule has 0 aromatic heterocycles. The lowest BCUT2D eigenvalue weighted by atomic mass is 10.1. The number of hydrogen-bond acceptors (Lipinski definition) is 4. The van der Waals surface area contributed by atoms with Crippen molar-refractivity contribution >= 4 is 26.7 Å². The van der Waals surface area contributed by atoms with Crippen molar-refractivity contribution in [3.05, 3.63) is 77.9 Å². The van der Waals surface area contributed by atoms with Crippen LogP contribution in [0.3, 0.4) is 0 Å². The molecule has 6 nitrogen and oxygen atoms in total. The third kappa shape index (κ3) is 6.63. The molecule has 1 aliphatic rings. The van der Waals surface area contributed by atoms with Gasteiger partial charge in [0, 0.05) is 26.1 Å². The lowest BCUT2D eigenvalue weighted by Crippen LogP contribution is -2.30. The first-order valence-corrected chi connectivity index (χ1v) is 13.0. The van der Waals surface area contributed by atoms with E-state index in [9.17, 15) is 13.2 Å². The number of likely N-dealkylation sites (tertiary alicyclic amines) is 1. The molecule has 1 fully saturated rings. The number of rotatable bonds is 9. The van der Waals surface area contributed by atoms with Crippen molar-refractivity contribution in [2.45, 2.75) is 43.7 Å². The minimum Gasteiger partial charge on any atom is -0.352 e. The topological polar surface area (TPSA) is 78.5 Å². The predicted octanol–water partition coefficient (Wildman–Crippen LogP) is 3.81. The van der Waals surface area contributed by atoms with E-state index in [4.69, 9.17) is 0 Å². The summed E-state index contributed by atoms with van der Waals surface area (Å²) in [4.78, 5) is 14.9. The maximum Gasteiger partial charge on any atom is 0.240 e. The highest BCUT2D eigenvalue weighted by Crippen LogP contribution is 2.19. The van der Waals surface area contributed by atoms with E-state index in [0.29, 0.717) is 6.54 Å². The van der Waals surface area contributed by atoms with E-state index in [1.165, 1.54) is 37.9 Å². The largest absolute Gasteiger partial charge is 0.352 e. The number of piperidine rings is 1. The Morgan fingerprint density at radius 3 is 2.30 bits per heavy atom. The Labute approximate surface area is 196 Å². The molecule has 3 aromatic rings. The molecule has 174 valence electrons. The molecule has 1 saturated heterocycles. The number of sulfonamides is 1. The van der Waals surface area contributed by atoms with Gasteiger partial charge in [-0.3, -0.25) is 9.69 Å². The number of nitrogens with zero attached hydrogens (tertiary/aromatic N) is 1. The van der Waals surface area contributed by atoms with Crippen molar-refractivity contribution < 1.29 is 13.2 Å². The molecule has 0 spiro atoms. The summed E-state index contributed by atoms with van der Waals surface area (Å²) < 4.78 is 27.7. The summed E-state index contributed by atoms with van der Waals surface area (Å²) in [5, 5.41) is 4.71. The highest BCUT2D eigenvalue weighted by molar-refractivity contribution is 7.89. The molecule has 1 amide bonds. The molecule has 0 radical (unpaired) electrons. The molecular formula is C26H31N3O3S. The Kier molecular flexibility index (Phi) is 7.75. The van der Waals surface area contributed by atoms with Crippen molar-refractivity contribution in [3.63, 3.8) is 0 Å². The molecule has 0 bridgehead atoms. The summed E-state index contributed by atoms with van der Waals surface area (Å²) in [5.74, 6) is -0.186.